The largest absolute Gasteiger partial charge is 0.408 e. The molecule has 0 saturated carbocycles. The Labute approximate surface area is 94.0 Å². The normalized spacial score (nSPS) is 11.8. The summed E-state index contributed by atoms with van der Waals surface area (Å²) in [7, 11) is 1.80. The second-order valence-corrected chi connectivity index (χ2v) is 4.32. The monoisotopic (exact) mass is 233 g/mol. The Morgan fingerprint density at radius 2 is 2.13 bits per heavy atom. The van der Waals surface area contributed by atoms with Crippen LogP contribution in [0.4, 0.5) is 6.01 Å². The van der Waals surface area contributed by atoms with E-state index >= 15 is 0 Å². The van der Waals surface area contributed by atoms with Crippen LogP contribution >= 0.6 is 11.6 Å². The van der Waals surface area contributed by atoms with Gasteiger partial charge in [0.25, 0.3) is 0 Å². The molecule has 0 aliphatic carbocycles. The lowest BCUT2D eigenvalue weighted by Gasteiger charge is -2.31. The molecule has 0 aromatic carbocycles. The van der Waals surface area contributed by atoms with E-state index in [2.05, 4.69) is 10.2 Å². The maximum absolute atomic E-state index is 9.18. The van der Waals surface area contributed by atoms with Crippen LogP contribution in [0.3, 0.4) is 0 Å². The number of halogens is 1. The number of aliphatic hydroxyl groups is 1. The number of alkyl halides is 1. The maximum Gasteiger partial charge on any atom is 0.318 e. The first kappa shape index (κ1) is 12.3. The molecule has 1 rings (SSSR count). The van der Waals surface area contributed by atoms with Gasteiger partial charge in [0.2, 0.25) is 5.89 Å². The van der Waals surface area contributed by atoms with Gasteiger partial charge in [0.05, 0.1) is 12.1 Å². The van der Waals surface area contributed by atoms with E-state index in [4.69, 9.17) is 16.0 Å². The molecule has 86 valence electrons. The minimum atomic E-state index is -0.426. The zero-order valence-electron chi connectivity index (χ0n) is 9.20. The number of hydrogen-bond acceptors (Lipinski definition) is 5. The smallest absolute Gasteiger partial charge is 0.318 e. The van der Waals surface area contributed by atoms with E-state index < -0.39 is 5.54 Å². The van der Waals surface area contributed by atoms with E-state index in [0.717, 1.165) is 0 Å². The molecule has 1 aromatic heterocycles. The summed E-state index contributed by atoms with van der Waals surface area (Å²) < 4.78 is 5.38. The van der Waals surface area contributed by atoms with Crippen LogP contribution in [0.5, 0.6) is 0 Å². The van der Waals surface area contributed by atoms with Crippen molar-refractivity contribution in [2.24, 2.45) is 0 Å². The number of likely N-dealkylation sites (N-methyl/N-ethyl adjacent to an activating group) is 1. The first-order valence-electron chi connectivity index (χ1n) is 4.74. The van der Waals surface area contributed by atoms with Gasteiger partial charge in [-0.05, 0) is 13.8 Å². The van der Waals surface area contributed by atoms with Gasteiger partial charge in [-0.1, -0.05) is 5.10 Å². The van der Waals surface area contributed by atoms with Crippen molar-refractivity contribution in [1.82, 2.24) is 10.2 Å². The fourth-order valence-electron chi connectivity index (χ4n) is 0.927. The van der Waals surface area contributed by atoms with Gasteiger partial charge >= 0.3 is 6.01 Å². The molecule has 0 bridgehead atoms. The quantitative estimate of drug-likeness (QED) is 0.771. The van der Waals surface area contributed by atoms with Gasteiger partial charge in [-0.3, -0.25) is 0 Å². The summed E-state index contributed by atoms with van der Waals surface area (Å²) in [6.45, 7) is 3.79. The number of nitrogens with zero attached hydrogens (tertiary/aromatic N) is 3. The highest BCUT2D eigenvalue weighted by molar-refractivity contribution is 6.17. The molecule has 0 fully saturated rings. The van der Waals surface area contributed by atoms with Crippen LogP contribution in [0.25, 0.3) is 0 Å². The van der Waals surface area contributed by atoms with Crippen LogP contribution < -0.4 is 4.90 Å². The minimum Gasteiger partial charge on any atom is -0.408 e. The fraction of sp³-hybridized carbons (Fsp3) is 0.778. The Morgan fingerprint density at radius 1 is 1.47 bits per heavy atom. The van der Waals surface area contributed by atoms with Crippen molar-refractivity contribution < 1.29 is 9.52 Å². The Hall–Kier alpha value is -0.810. The third-order valence-electron chi connectivity index (χ3n) is 2.35. The fourth-order valence-corrected chi connectivity index (χ4v) is 1.09. The molecule has 1 heterocycles. The summed E-state index contributed by atoms with van der Waals surface area (Å²) in [6.07, 6.45) is 0.557. The van der Waals surface area contributed by atoms with Gasteiger partial charge < -0.3 is 14.4 Å². The Kier molecular flexibility index (Phi) is 3.93. The van der Waals surface area contributed by atoms with E-state index in [1.165, 1.54) is 0 Å². The molecular formula is C9H16ClN3O2. The van der Waals surface area contributed by atoms with Gasteiger partial charge in [-0.2, -0.15) is 0 Å². The minimum absolute atomic E-state index is 0.0106. The summed E-state index contributed by atoms with van der Waals surface area (Å²) in [4.78, 5) is 1.75. The third kappa shape index (κ3) is 2.82. The number of aryl methyl sites for hydroxylation is 1. The molecule has 0 saturated heterocycles. The van der Waals surface area contributed by atoms with Crippen molar-refractivity contribution in [1.29, 1.82) is 0 Å². The summed E-state index contributed by atoms with van der Waals surface area (Å²) in [5.41, 5.74) is -0.426. The van der Waals surface area contributed by atoms with E-state index in [1.807, 2.05) is 13.8 Å². The summed E-state index contributed by atoms with van der Waals surface area (Å²) in [6, 6.07) is 0.397. The lowest BCUT2D eigenvalue weighted by molar-refractivity contribution is 0.211. The van der Waals surface area contributed by atoms with E-state index in [1.54, 1.807) is 11.9 Å². The molecule has 0 amide bonds. The second-order valence-electron chi connectivity index (χ2n) is 3.95. The molecule has 5 nitrogen and oxygen atoms in total. The average molecular weight is 234 g/mol. The molecule has 0 atom stereocenters. The zero-order chi connectivity index (χ0) is 11.5. The maximum atomic E-state index is 9.18. The topological polar surface area (TPSA) is 62.4 Å². The molecule has 1 N–H and O–H groups in total. The second kappa shape index (κ2) is 4.81. The molecule has 1 aromatic rings. The highest BCUT2D eigenvalue weighted by Crippen LogP contribution is 2.20. The molecule has 0 aliphatic heterocycles. The molecule has 15 heavy (non-hydrogen) atoms. The number of aliphatic hydroxyl groups excluding tert-OH is 1. The van der Waals surface area contributed by atoms with Crippen LogP contribution in [0.2, 0.25) is 0 Å². The van der Waals surface area contributed by atoms with Crippen molar-refractivity contribution in [2.45, 2.75) is 25.8 Å². The van der Waals surface area contributed by atoms with Gasteiger partial charge in [-0.25, -0.2) is 0 Å². The SMILES string of the molecule is CN(c1nnc(CCCl)o1)C(C)(C)CO. The van der Waals surface area contributed by atoms with Gasteiger partial charge in [0.1, 0.15) is 0 Å². The van der Waals surface area contributed by atoms with E-state index in [-0.39, 0.29) is 6.61 Å². The lowest BCUT2D eigenvalue weighted by Crippen LogP contribution is -2.44. The van der Waals surface area contributed by atoms with Gasteiger partial charge in [-0.15, -0.1) is 16.7 Å². The third-order valence-corrected chi connectivity index (χ3v) is 2.54. The molecular weight excluding hydrogens is 218 g/mol. The Balaban J connectivity index is 2.78. The zero-order valence-corrected chi connectivity index (χ0v) is 9.95. The standard InChI is InChI=1S/C9H16ClN3O2/c1-9(2,6-14)13(3)8-12-11-7(15-8)4-5-10/h14H,4-6H2,1-3H3. The number of anilines is 1. The van der Waals surface area contributed by atoms with Crippen molar-refractivity contribution in [3.8, 4) is 0 Å². The number of hydrogen-bond donors (Lipinski definition) is 1. The Morgan fingerprint density at radius 3 is 2.67 bits per heavy atom. The summed E-state index contributed by atoms with van der Waals surface area (Å²) >= 11 is 5.56. The highest BCUT2D eigenvalue weighted by atomic mass is 35.5. The van der Waals surface area contributed by atoms with E-state index in [9.17, 15) is 5.11 Å². The van der Waals surface area contributed by atoms with E-state index in [0.29, 0.717) is 24.2 Å². The predicted molar refractivity (Wildman–Crippen MR) is 58.3 cm³/mol. The summed E-state index contributed by atoms with van der Waals surface area (Å²) in [5, 5.41) is 16.9. The van der Waals surface area contributed by atoms with Crippen molar-refractivity contribution in [2.75, 3.05) is 24.4 Å². The van der Waals surface area contributed by atoms with Crippen molar-refractivity contribution in [3.05, 3.63) is 5.89 Å². The van der Waals surface area contributed by atoms with Crippen LogP contribution in [0, 0.1) is 0 Å². The van der Waals surface area contributed by atoms with Crippen LogP contribution in [0.1, 0.15) is 19.7 Å². The number of rotatable bonds is 5. The van der Waals surface area contributed by atoms with Crippen molar-refractivity contribution >= 4 is 17.6 Å². The molecule has 0 radical (unpaired) electrons. The van der Waals surface area contributed by atoms with Crippen LogP contribution in [0.15, 0.2) is 4.42 Å². The molecule has 0 spiro atoms. The molecule has 0 unspecified atom stereocenters. The van der Waals surface area contributed by atoms with Gasteiger partial charge in [0, 0.05) is 19.3 Å². The summed E-state index contributed by atoms with van der Waals surface area (Å²) in [5.74, 6) is 0.968. The van der Waals surface area contributed by atoms with Crippen molar-refractivity contribution in [3.63, 3.8) is 0 Å². The average Bonchev–Trinajstić information content (AvgIpc) is 2.66. The lowest BCUT2D eigenvalue weighted by atomic mass is 10.1. The first-order valence-corrected chi connectivity index (χ1v) is 5.28. The van der Waals surface area contributed by atoms with Crippen LogP contribution in [-0.4, -0.2) is 40.4 Å². The highest BCUT2D eigenvalue weighted by Gasteiger charge is 2.26. The van der Waals surface area contributed by atoms with Gasteiger partial charge in [0.15, 0.2) is 0 Å². The molecule has 0 aliphatic rings. The predicted octanol–water partition coefficient (Wildman–Crippen LogP) is 1.06. The number of aromatic nitrogens is 2. The molecule has 6 heteroatoms. The Bertz CT molecular complexity index is 314. The van der Waals surface area contributed by atoms with Crippen LogP contribution in [-0.2, 0) is 6.42 Å². The first-order chi connectivity index (χ1) is 7.01.